The number of nitrogens with zero attached hydrogens (tertiary/aromatic N) is 1. The first kappa shape index (κ1) is 16.2. The SMILES string of the molecule is O=C(CCCl)Nc1ccc(S(=O)(=O)N2CCOCC2)cc1. The van der Waals surface area contributed by atoms with Crippen LogP contribution < -0.4 is 5.32 Å². The normalized spacial score (nSPS) is 16.6. The number of nitrogens with one attached hydrogen (secondary N) is 1. The minimum absolute atomic E-state index is 0.200. The lowest BCUT2D eigenvalue weighted by Gasteiger charge is -2.26. The second-order valence-corrected chi connectivity index (χ2v) is 6.84. The van der Waals surface area contributed by atoms with Crippen LogP contribution in [0.4, 0.5) is 5.69 Å². The Labute approximate surface area is 129 Å². The highest BCUT2D eigenvalue weighted by molar-refractivity contribution is 7.89. The van der Waals surface area contributed by atoms with Crippen LogP contribution in [0.5, 0.6) is 0 Å². The molecule has 21 heavy (non-hydrogen) atoms. The highest BCUT2D eigenvalue weighted by atomic mass is 35.5. The van der Waals surface area contributed by atoms with E-state index in [9.17, 15) is 13.2 Å². The maximum Gasteiger partial charge on any atom is 0.243 e. The van der Waals surface area contributed by atoms with E-state index in [2.05, 4.69) is 5.32 Å². The molecule has 116 valence electrons. The van der Waals surface area contributed by atoms with Crippen molar-refractivity contribution < 1.29 is 17.9 Å². The van der Waals surface area contributed by atoms with E-state index in [1.165, 1.54) is 16.4 Å². The number of carbonyl (C=O) groups is 1. The zero-order valence-corrected chi connectivity index (χ0v) is 13.0. The Morgan fingerprint density at radius 3 is 2.43 bits per heavy atom. The molecule has 8 heteroatoms. The van der Waals surface area contributed by atoms with Gasteiger partial charge in [0.1, 0.15) is 0 Å². The fraction of sp³-hybridized carbons (Fsp3) is 0.462. The molecule has 0 atom stereocenters. The summed E-state index contributed by atoms with van der Waals surface area (Å²) in [4.78, 5) is 11.6. The van der Waals surface area contributed by atoms with E-state index in [0.717, 1.165) is 0 Å². The summed E-state index contributed by atoms with van der Waals surface area (Å²) in [5, 5.41) is 2.65. The lowest BCUT2D eigenvalue weighted by molar-refractivity contribution is -0.115. The molecule has 0 aliphatic carbocycles. The summed E-state index contributed by atoms with van der Waals surface area (Å²) in [6.07, 6.45) is 0.218. The number of benzene rings is 1. The molecule has 1 saturated heterocycles. The van der Waals surface area contributed by atoms with Crippen molar-refractivity contribution in [1.29, 1.82) is 0 Å². The molecule has 0 aromatic heterocycles. The van der Waals surface area contributed by atoms with E-state index in [0.29, 0.717) is 32.0 Å². The molecule has 1 aromatic rings. The maximum absolute atomic E-state index is 12.4. The summed E-state index contributed by atoms with van der Waals surface area (Å²) in [5.41, 5.74) is 0.547. The zero-order chi connectivity index (χ0) is 15.3. The van der Waals surface area contributed by atoms with Gasteiger partial charge >= 0.3 is 0 Å². The first-order valence-electron chi connectivity index (χ1n) is 6.58. The van der Waals surface area contributed by atoms with Crippen LogP contribution >= 0.6 is 11.6 Å². The van der Waals surface area contributed by atoms with Crippen molar-refractivity contribution in [3.8, 4) is 0 Å². The van der Waals surface area contributed by atoms with Gasteiger partial charge in [-0.1, -0.05) is 0 Å². The van der Waals surface area contributed by atoms with Gasteiger partial charge in [0.2, 0.25) is 15.9 Å². The van der Waals surface area contributed by atoms with E-state index in [4.69, 9.17) is 16.3 Å². The third kappa shape index (κ3) is 4.16. The number of rotatable bonds is 5. The van der Waals surface area contributed by atoms with Crippen LogP contribution in [0.15, 0.2) is 29.2 Å². The van der Waals surface area contributed by atoms with Crippen molar-refractivity contribution in [2.45, 2.75) is 11.3 Å². The minimum atomic E-state index is -3.50. The fourth-order valence-corrected chi connectivity index (χ4v) is 3.54. The number of halogens is 1. The second-order valence-electron chi connectivity index (χ2n) is 4.53. The standard InChI is InChI=1S/C13H17ClN2O4S/c14-6-5-13(17)15-11-1-3-12(4-2-11)21(18,19)16-7-9-20-10-8-16/h1-4H,5-10H2,(H,15,17). The molecule has 0 spiro atoms. The third-order valence-electron chi connectivity index (χ3n) is 3.07. The third-order valence-corrected chi connectivity index (χ3v) is 5.17. The molecular formula is C13H17ClN2O4S. The lowest BCUT2D eigenvalue weighted by atomic mass is 10.3. The maximum atomic E-state index is 12.4. The van der Waals surface area contributed by atoms with Gasteiger partial charge in [0.05, 0.1) is 18.1 Å². The van der Waals surface area contributed by atoms with Crippen molar-refractivity contribution in [3.05, 3.63) is 24.3 Å². The molecule has 1 aliphatic heterocycles. The van der Waals surface area contributed by atoms with Crippen molar-refractivity contribution >= 4 is 33.2 Å². The lowest BCUT2D eigenvalue weighted by Crippen LogP contribution is -2.40. The quantitative estimate of drug-likeness (QED) is 0.824. The van der Waals surface area contributed by atoms with Crippen molar-refractivity contribution in [2.75, 3.05) is 37.5 Å². The Hall–Kier alpha value is -1.15. The number of amides is 1. The Kier molecular flexibility index (Phi) is 5.58. The van der Waals surface area contributed by atoms with Gasteiger partial charge in [0, 0.05) is 31.1 Å². The molecule has 1 aromatic carbocycles. The summed E-state index contributed by atoms with van der Waals surface area (Å²) in [7, 11) is -3.50. The largest absolute Gasteiger partial charge is 0.379 e. The van der Waals surface area contributed by atoms with E-state index in [1.54, 1.807) is 12.1 Å². The highest BCUT2D eigenvalue weighted by Crippen LogP contribution is 2.19. The molecule has 0 bridgehead atoms. The van der Waals surface area contributed by atoms with Gasteiger partial charge in [-0.25, -0.2) is 8.42 Å². The van der Waals surface area contributed by atoms with E-state index in [-0.39, 0.29) is 23.1 Å². The summed E-state index contributed by atoms with van der Waals surface area (Å²) < 4.78 is 31.3. The van der Waals surface area contributed by atoms with Gasteiger partial charge in [-0.05, 0) is 24.3 Å². The monoisotopic (exact) mass is 332 g/mol. The number of hydrogen-bond acceptors (Lipinski definition) is 4. The van der Waals surface area contributed by atoms with Crippen LogP contribution in [-0.2, 0) is 19.6 Å². The first-order chi connectivity index (χ1) is 10.0. The summed E-state index contributed by atoms with van der Waals surface area (Å²) in [5.74, 6) is 0.0452. The van der Waals surface area contributed by atoms with Crippen molar-refractivity contribution in [1.82, 2.24) is 4.31 Å². The number of morpholine rings is 1. The van der Waals surface area contributed by atoms with Gasteiger partial charge in [0.15, 0.2) is 0 Å². The van der Waals surface area contributed by atoms with Crippen molar-refractivity contribution in [2.24, 2.45) is 0 Å². The van der Waals surface area contributed by atoms with Crippen LogP contribution in [0.1, 0.15) is 6.42 Å². The topological polar surface area (TPSA) is 75.7 Å². The van der Waals surface area contributed by atoms with Crippen LogP contribution in [0.2, 0.25) is 0 Å². The van der Waals surface area contributed by atoms with Crippen LogP contribution in [0.25, 0.3) is 0 Å². The fourth-order valence-electron chi connectivity index (χ4n) is 1.96. The molecule has 1 heterocycles. The average Bonchev–Trinajstić information content (AvgIpc) is 2.49. The minimum Gasteiger partial charge on any atom is -0.379 e. The van der Waals surface area contributed by atoms with Gasteiger partial charge in [-0.2, -0.15) is 4.31 Å². The van der Waals surface area contributed by atoms with E-state index >= 15 is 0 Å². The van der Waals surface area contributed by atoms with Crippen LogP contribution in [0.3, 0.4) is 0 Å². The number of carbonyl (C=O) groups excluding carboxylic acids is 1. The highest BCUT2D eigenvalue weighted by Gasteiger charge is 2.26. The van der Waals surface area contributed by atoms with Crippen LogP contribution in [-0.4, -0.2) is 50.8 Å². The Morgan fingerprint density at radius 2 is 1.86 bits per heavy atom. The van der Waals surface area contributed by atoms with Gasteiger partial charge < -0.3 is 10.1 Å². The summed E-state index contributed by atoms with van der Waals surface area (Å²) in [6.45, 7) is 1.53. The summed E-state index contributed by atoms with van der Waals surface area (Å²) in [6, 6.07) is 6.11. The molecular weight excluding hydrogens is 316 g/mol. The molecule has 6 nitrogen and oxygen atoms in total. The molecule has 0 saturated carbocycles. The second kappa shape index (κ2) is 7.22. The Balaban J connectivity index is 2.09. The molecule has 0 radical (unpaired) electrons. The van der Waals surface area contributed by atoms with E-state index < -0.39 is 10.0 Å². The van der Waals surface area contributed by atoms with E-state index in [1.807, 2.05) is 0 Å². The molecule has 1 aliphatic rings. The average molecular weight is 333 g/mol. The van der Waals surface area contributed by atoms with Gasteiger partial charge in [-0.3, -0.25) is 4.79 Å². The van der Waals surface area contributed by atoms with Crippen LogP contribution in [0, 0.1) is 0 Å². The predicted octanol–water partition coefficient (Wildman–Crippen LogP) is 1.27. The first-order valence-corrected chi connectivity index (χ1v) is 8.55. The van der Waals surface area contributed by atoms with Gasteiger partial charge in [-0.15, -0.1) is 11.6 Å². The van der Waals surface area contributed by atoms with Gasteiger partial charge in [0.25, 0.3) is 0 Å². The Bertz CT molecular complexity index is 583. The smallest absolute Gasteiger partial charge is 0.243 e. The molecule has 2 rings (SSSR count). The number of anilines is 1. The molecule has 1 amide bonds. The predicted molar refractivity (Wildman–Crippen MR) is 80.0 cm³/mol. The Morgan fingerprint density at radius 1 is 1.24 bits per heavy atom. The number of alkyl halides is 1. The number of hydrogen-bond donors (Lipinski definition) is 1. The molecule has 1 N–H and O–H groups in total. The number of ether oxygens (including phenoxy) is 1. The van der Waals surface area contributed by atoms with Crippen molar-refractivity contribution in [3.63, 3.8) is 0 Å². The molecule has 1 fully saturated rings. The number of sulfonamides is 1. The molecule has 0 unspecified atom stereocenters. The summed E-state index contributed by atoms with van der Waals surface area (Å²) >= 11 is 5.48. The zero-order valence-electron chi connectivity index (χ0n) is 11.4.